The lowest BCUT2D eigenvalue weighted by Crippen LogP contribution is -2.09. The molecule has 3 rings (SSSR count). The first kappa shape index (κ1) is 21.1. The van der Waals surface area contributed by atoms with Crippen LogP contribution in [0.1, 0.15) is 51.3 Å². The number of anilines is 1. The van der Waals surface area contributed by atoms with Gasteiger partial charge in [-0.2, -0.15) is 0 Å². The molecular weight excluding hydrogens is 408 g/mol. The van der Waals surface area contributed by atoms with E-state index >= 15 is 0 Å². The van der Waals surface area contributed by atoms with Crippen molar-refractivity contribution in [2.75, 3.05) is 11.0 Å². The van der Waals surface area contributed by atoms with Crippen LogP contribution in [0.15, 0.2) is 48.5 Å². The standard InChI is InChI=1S/C22H23ClN2O3S/c1-13-5-7-16(8-6-13)22(26)21-14(2)11-20(24-21)15(3)18-10-9-17(12-19(18)23)25-29(4,27)28/h5-12,15,24-25H,1-4H3. The van der Waals surface area contributed by atoms with Crippen molar-refractivity contribution in [2.45, 2.75) is 26.7 Å². The number of ketones is 1. The lowest BCUT2D eigenvalue weighted by molar-refractivity contribution is 0.103. The number of aromatic nitrogens is 1. The number of hydrogen-bond donors (Lipinski definition) is 2. The monoisotopic (exact) mass is 430 g/mol. The third-order valence-corrected chi connectivity index (χ3v) is 5.75. The number of rotatable bonds is 6. The summed E-state index contributed by atoms with van der Waals surface area (Å²) in [6, 6.07) is 14.5. The molecule has 1 atom stereocenters. The Labute approximate surface area is 176 Å². The quantitative estimate of drug-likeness (QED) is 0.537. The average Bonchev–Trinajstić information content (AvgIpc) is 3.02. The number of carbonyl (C=O) groups is 1. The van der Waals surface area contributed by atoms with Crippen molar-refractivity contribution in [1.82, 2.24) is 4.98 Å². The van der Waals surface area contributed by atoms with E-state index < -0.39 is 10.0 Å². The largest absolute Gasteiger partial charge is 0.355 e. The van der Waals surface area contributed by atoms with E-state index in [0.717, 1.165) is 28.6 Å². The van der Waals surface area contributed by atoms with Crippen LogP contribution in [0.2, 0.25) is 5.02 Å². The number of aryl methyl sites for hydroxylation is 2. The van der Waals surface area contributed by atoms with Crippen LogP contribution in [-0.2, 0) is 10.0 Å². The maximum Gasteiger partial charge on any atom is 0.229 e. The summed E-state index contributed by atoms with van der Waals surface area (Å²) in [4.78, 5) is 16.1. The number of sulfonamides is 1. The minimum Gasteiger partial charge on any atom is -0.355 e. The molecule has 152 valence electrons. The smallest absolute Gasteiger partial charge is 0.229 e. The number of nitrogens with one attached hydrogen (secondary N) is 2. The second kappa shape index (κ2) is 8.05. The lowest BCUT2D eigenvalue weighted by Gasteiger charge is -2.14. The van der Waals surface area contributed by atoms with Gasteiger partial charge < -0.3 is 4.98 Å². The van der Waals surface area contributed by atoms with Crippen LogP contribution in [0.25, 0.3) is 0 Å². The van der Waals surface area contributed by atoms with Gasteiger partial charge in [0.15, 0.2) is 0 Å². The summed E-state index contributed by atoms with van der Waals surface area (Å²) < 4.78 is 25.2. The van der Waals surface area contributed by atoms with Gasteiger partial charge in [0, 0.05) is 27.9 Å². The van der Waals surface area contributed by atoms with E-state index in [4.69, 9.17) is 11.6 Å². The molecule has 0 fully saturated rings. The third-order valence-electron chi connectivity index (χ3n) is 4.81. The van der Waals surface area contributed by atoms with Crippen molar-refractivity contribution in [1.29, 1.82) is 0 Å². The molecule has 0 spiro atoms. The fourth-order valence-corrected chi connectivity index (χ4v) is 4.13. The van der Waals surface area contributed by atoms with Gasteiger partial charge in [-0.3, -0.25) is 9.52 Å². The Balaban J connectivity index is 1.89. The Kier molecular flexibility index (Phi) is 5.87. The Bertz CT molecular complexity index is 1170. The van der Waals surface area contributed by atoms with Crippen LogP contribution in [0.3, 0.4) is 0 Å². The molecule has 0 radical (unpaired) electrons. The van der Waals surface area contributed by atoms with E-state index in [-0.39, 0.29) is 11.7 Å². The maximum atomic E-state index is 12.9. The highest BCUT2D eigenvalue weighted by atomic mass is 35.5. The van der Waals surface area contributed by atoms with Crippen molar-refractivity contribution in [3.05, 3.63) is 87.2 Å². The molecule has 0 aliphatic heterocycles. The molecule has 0 amide bonds. The van der Waals surface area contributed by atoms with E-state index in [2.05, 4.69) is 9.71 Å². The number of halogens is 1. The molecule has 0 saturated heterocycles. The number of H-pyrrole nitrogens is 1. The molecule has 7 heteroatoms. The summed E-state index contributed by atoms with van der Waals surface area (Å²) in [5, 5.41) is 0.449. The fourth-order valence-electron chi connectivity index (χ4n) is 3.23. The number of carbonyl (C=O) groups excluding carboxylic acids is 1. The highest BCUT2D eigenvalue weighted by molar-refractivity contribution is 7.92. The molecular formula is C22H23ClN2O3S. The zero-order valence-electron chi connectivity index (χ0n) is 16.7. The number of benzene rings is 2. The van der Waals surface area contributed by atoms with Gasteiger partial charge in [-0.1, -0.05) is 54.4 Å². The van der Waals surface area contributed by atoms with Crippen molar-refractivity contribution in [3.8, 4) is 0 Å². The zero-order valence-corrected chi connectivity index (χ0v) is 18.3. The van der Waals surface area contributed by atoms with E-state index in [1.54, 1.807) is 18.2 Å². The first-order valence-corrected chi connectivity index (χ1v) is 11.4. The normalized spacial score (nSPS) is 12.6. The zero-order chi connectivity index (χ0) is 21.3. The topological polar surface area (TPSA) is 79.0 Å². The Hall–Kier alpha value is -2.57. The van der Waals surface area contributed by atoms with Gasteiger partial charge >= 0.3 is 0 Å². The Morgan fingerprint density at radius 1 is 1.07 bits per heavy atom. The molecule has 0 bridgehead atoms. The molecule has 1 unspecified atom stereocenters. The molecule has 3 aromatic rings. The van der Waals surface area contributed by atoms with Crippen LogP contribution < -0.4 is 4.72 Å². The predicted molar refractivity (Wildman–Crippen MR) is 118 cm³/mol. The van der Waals surface area contributed by atoms with Gasteiger partial charge in [-0.25, -0.2) is 8.42 Å². The molecule has 5 nitrogen and oxygen atoms in total. The molecule has 1 heterocycles. The van der Waals surface area contributed by atoms with Gasteiger partial charge in [0.1, 0.15) is 0 Å². The first-order chi connectivity index (χ1) is 13.5. The van der Waals surface area contributed by atoms with Crippen LogP contribution in [-0.4, -0.2) is 25.4 Å². The van der Waals surface area contributed by atoms with Crippen molar-refractivity contribution in [2.24, 2.45) is 0 Å². The summed E-state index contributed by atoms with van der Waals surface area (Å²) in [7, 11) is -3.37. The van der Waals surface area contributed by atoms with Gasteiger partial charge in [0.25, 0.3) is 0 Å². The summed E-state index contributed by atoms with van der Waals surface area (Å²) in [6.45, 7) is 5.86. The predicted octanol–water partition coefficient (Wildman–Crippen LogP) is 5.04. The second-order valence-corrected chi connectivity index (χ2v) is 9.47. The average molecular weight is 431 g/mol. The van der Waals surface area contributed by atoms with Gasteiger partial charge in [-0.15, -0.1) is 0 Å². The van der Waals surface area contributed by atoms with E-state index in [0.29, 0.717) is 22.0 Å². The van der Waals surface area contributed by atoms with Crippen LogP contribution >= 0.6 is 11.6 Å². The SMILES string of the molecule is Cc1ccc(C(=O)c2[nH]c(C(C)c3ccc(NS(C)(=O)=O)cc3Cl)cc2C)cc1. The summed E-state index contributed by atoms with van der Waals surface area (Å²) in [5.74, 6) is -0.159. The van der Waals surface area contributed by atoms with Crippen LogP contribution in [0, 0.1) is 13.8 Å². The summed E-state index contributed by atoms with van der Waals surface area (Å²) in [5.41, 5.74) is 5.26. The van der Waals surface area contributed by atoms with Crippen molar-refractivity contribution < 1.29 is 13.2 Å². The highest BCUT2D eigenvalue weighted by Gasteiger charge is 2.20. The molecule has 2 aromatic carbocycles. The summed E-state index contributed by atoms with van der Waals surface area (Å²) in [6.07, 6.45) is 1.09. The highest BCUT2D eigenvalue weighted by Crippen LogP contribution is 2.33. The van der Waals surface area contributed by atoms with Gasteiger partial charge in [0.05, 0.1) is 11.9 Å². The molecule has 0 saturated carbocycles. The maximum absolute atomic E-state index is 12.9. The third kappa shape index (κ3) is 4.89. The van der Waals surface area contributed by atoms with E-state index in [1.165, 1.54) is 0 Å². The van der Waals surface area contributed by atoms with Crippen LogP contribution in [0.5, 0.6) is 0 Å². The van der Waals surface area contributed by atoms with Gasteiger partial charge in [-0.05, 0) is 43.2 Å². The minimum absolute atomic E-state index is 0.0558. The molecule has 29 heavy (non-hydrogen) atoms. The molecule has 0 aliphatic carbocycles. The number of hydrogen-bond acceptors (Lipinski definition) is 3. The molecule has 0 aliphatic rings. The van der Waals surface area contributed by atoms with Crippen LogP contribution in [0.4, 0.5) is 5.69 Å². The molecule has 1 aromatic heterocycles. The number of aromatic amines is 1. The second-order valence-electron chi connectivity index (χ2n) is 7.31. The first-order valence-electron chi connectivity index (χ1n) is 9.13. The lowest BCUT2D eigenvalue weighted by atomic mass is 9.97. The van der Waals surface area contributed by atoms with Gasteiger partial charge in [0.2, 0.25) is 15.8 Å². The molecule has 2 N–H and O–H groups in total. The Morgan fingerprint density at radius 3 is 2.31 bits per heavy atom. The van der Waals surface area contributed by atoms with Crippen molar-refractivity contribution >= 4 is 33.1 Å². The van der Waals surface area contributed by atoms with Crippen molar-refractivity contribution in [3.63, 3.8) is 0 Å². The van der Waals surface area contributed by atoms with E-state index in [9.17, 15) is 13.2 Å². The van der Waals surface area contributed by atoms with E-state index in [1.807, 2.05) is 51.1 Å². The Morgan fingerprint density at radius 2 is 1.72 bits per heavy atom. The minimum atomic E-state index is -3.37. The fraction of sp³-hybridized carbons (Fsp3) is 0.227. The summed E-state index contributed by atoms with van der Waals surface area (Å²) >= 11 is 6.41.